The number of hydrogen-bond acceptors (Lipinski definition) is 4. The standard InChI is InChI=1S/C16H14O4S/c17-16(20-11-12-5-2-1-3-6-12)14-7-4-8-15-13(14)9-10-21(15,18)19/h1-10,18-19H,11H2. The molecule has 0 atom stereocenters. The number of fused-ring (bicyclic) bond motifs is 1. The van der Waals surface area contributed by atoms with Gasteiger partial charge in [0.25, 0.3) is 0 Å². The zero-order valence-corrected chi connectivity index (χ0v) is 11.9. The second-order valence-electron chi connectivity index (χ2n) is 4.67. The molecule has 2 N–H and O–H groups in total. The summed E-state index contributed by atoms with van der Waals surface area (Å²) in [6.07, 6.45) is 1.56. The summed E-state index contributed by atoms with van der Waals surface area (Å²) in [7, 11) is -2.92. The lowest BCUT2D eigenvalue weighted by Crippen LogP contribution is -2.08. The molecule has 108 valence electrons. The average Bonchev–Trinajstić information content (AvgIpc) is 2.82. The van der Waals surface area contributed by atoms with Gasteiger partial charge in [0.15, 0.2) is 0 Å². The molecule has 2 aromatic carbocycles. The number of hydrogen-bond donors (Lipinski definition) is 2. The third kappa shape index (κ3) is 2.71. The summed E-state index contributed by atoms with van der Waals surface area (Å²) in [4.78, 5) is 12.6. The van der Waals surface area contributed by atoms with Gasteiger partial charge in [-0.05, 0) is 23.8 Å². The molecule has 0 saturated heterocycles. The summed E-state index contributed by atoms with van der Waals surface area (Å²) in [6.45, 7) is 0.184. The zero-order valence-electron chi connectivity index (χ0n) is 11.1. The highest BCUT2D eigenvalue weighted by molar-refractivity contribution is 8.27. The van der Waals surface area contributed by atoms with Crippen molar-refractivity contribution in [1.82, 2.24) is 0 Å². The molecular formula is C16H14O4S. The van der Waals surface area contributed by atoms with E-state index in [9.17, 15) is 13.9 Å². The van der Waals surface area contributed by atoms with Crippen molar-refractivity contribution in [2.24, 2.45) is 0 Å². The van der Waals surface area contributed by atoms with E-state index in [1.165, 1.54) is 5.41 Å². The second kappa shape index (κ2) is 5.37. The SMILES string of the molecule is O=C(OCc1ccccc1)c1cccc2c1C=CS2(O)O. The number of esters is 1. The third-order valence-corrected chi connectivity index (χ3v) is 4.77. The first-order valence-corrected chi connectivity index (χ1v) is 7.99. The monoisotopic (exact) mass is 302 g/mol. The van der Waals surface area contributed by atoms with Gasteiger partial charge < -0.3 is 4.74 Å². The Labute approximate surface area is 124 Å². The van der Waals surface area contributed by atoms with Crippen LogP contribution in [0.25, 0.3) is 6.08 Å². The molecule has 0 aliphatic carbocycles. The van der Waals surface area contributed by atoms with Crippen LogP contribution in [0, 0.1) is 0 Å². The fourth-order valence-electron chi connectivity index (χ4n) is 2.19. The molecule has 4 nitrogen and oxygen atoms in total. The molecule has 0 saturated carbocycles. The van der Waals surface area contributed by atoms with Crippen molar-refractivity contribution in [2.75, 3.05) is 0 Å². The Balaban J connectivity index is 1.81. The van der Waals surface area contributed by atoms with E-state index in [2.05, 4.69) is 0 Å². The van der Waals surface area contributed by atoms with Gasteiger partial charge in [-0.15, -0.1) is 10.6 Å². The first-order chi connectivity index (χ1) is 10.1. The molecule has 1 heterocycles. The molecule has 0 amide bonds. The molecule has 0 bridgehead atoms. The largest absolute Gasteiger partial charge is 0.457 e. The minimum Gasteiger partial charge on any atom is -0.457 e. The van der Waals surface area contributed by atoms with Crippen LogP contribution in [0.1, 0.15) is 21.5 Å². The number of ether oxygens (including phenoxy) is 1. The lowest BCUT2D eigenvalue weighted by molar-refractivity contribution is 0.0472. The molecule has 0 radical (unpaired) electrons. The average molecular weight is 302 g/mol. The molecule has 0 fully saturated rings. The van der Waals surface area contributed by atoms with E-state index in [1.807, 2.05) is 30.3 Å². The summed E-state index contributed by atoms with van der Waals surface area (Å²) in [5, 5.41) is 1.33. The fraction of sp³-hybridized carbons (Fsp3) is 0.0625. The van der Waals surface area contributed by atoms with Crippen LogP contribution in [-0.4, -0.2) is 15.1 Å². The van der Waals surface area contributed by atoms with E-state index in [0.29, 0.717) is 16.0 Å². The fourth-order valence-corrected chi connectivity index (χ4v) is 3.45. The van der Waals surface area contributed by atoms with Gasteiger partial charge in [0.05, 0.1) is 10.5 Å². The predicted molar refractivity (Wildman–Crippen MR) is 82.2 cm³/mol. The third-order valence-electron chi connectivity index (χ3n) is 3.25. The summed E-state index contributed by atoms with van der Waals surface area (Å²) in [6, 6.07) is 14.3. The molecule has 21 heavy (non-hydrogen) atoms. The van der Waals surface area contributed by atoms with Gasteiger partial charge in [0, 0.05) is 11.0 Å². The molecule has 0 spiro atoms. The second-order valence-corrected chi connectivity index (χ2v) is 6.57. The van der Waals surface area contributed by atoms with Crippen LogP contribution in [0.4, 0.5) is 0 Å². The zero-order chi connectivity index (χ0) is 14.9. The minimum atomic E-state index is -2.92. The van der Waals surface area contributed by atoms with Crippen molar-refractivity contribution in [3.63, 3.8) is 0 Å². The number of rotatable bonds is 3. The summed E-state index contributed by atoms with van der Waals surface area (Å²) in [5.41, 5.74) is 1.77. The van der Waals surface area contributed by atoms with Crippen molar-refractivity contribution in [2.45, 2.75) is 11.5 Å². The maximum absolute atomic E-state index is 12.2. The Hall–Kier alpha value is -2.08. The first-order valence-electron chi connectivity index (χ1n) is 6.38. The Kier molecular flexibility index (Phi) is 3.55. The highest BCUT2D eigenvalue weighted by atomic mass is 32.3. The van der Waals surface area contributed by atoms with Crippen LogP contribution in [-0.2, 0) is 11.3 Å². The van der Waals surface area contributed by atoms with Crippen molar-refractivity contribution in [3.05, 3.63) is 70.6 Å². The van der Waals surface area contributed by atoms with Crippen LogP contribution >= 0.6 is 10.6 Å². The van der Waals surface area contributed by atoms with Crippen LogP contribution in [0.3, 0.4) is 0 Å². The van der Waals surface area contributed by atoms with E-state index < -0.39 is 16.6 Å². The molecule has 1 aliphatic rings. The maximum atomic E-state index is 12.2. The predicted octanol–water partition coefficient (Wildman–Crippen LogP) is 4.14. The van der Waals surface area contributed by atoms with Crippen LogP contribution in [0.2, 0.25) is 0 Å². The topological polar surface area (TPSA) is 66.8 Å². The van der Waals surface area contributed by atoms with E-state index >= 15 is 0 Å². The van der Waals surface area contributed by atoms with Crippen molar-refractivity contribution < 1.29 is 18.6 Å². The molecule has 5 heteroatoms. The van der Waals surface area contributed by atoms with Gasteiger partial charge in [-0.25, -0.2) is 4.79 Å². The summed E-state index contributed by atoms with van der Waals surface area (Å²) in [5.74, 6) is -0.475. The van der Waals surface area contributed by atoms with Crippen molar-refractivity contribution in [1.29, 1.82) is 0 Å². The maximum Gasteiger partial charge on any atom is 0.339 e. The summed E-state index contributed by atoms with van der Waals surface area (Å²) < 4.78 is 25.0. The first kappa shape index (κ1) is 13.9. The quantitative estimate of drug-likeness (QED) is 0.836. The minimum absolute atomic E-state index is 0.184. The molecule has 0 unspecified atom stereocenters. The molecular weight excluding hydrogens is 288 g/mol. The molecule has 2 aromatic rings. The van der Waals surface area contributed by atoms with Gasteiger partial charge >= 0.3 is 5.97 Å². The highest BCUT2D eigenvalue weighted by Gasteiger charge is 2.26. The van der Waals surface area contributed by atoms with Gasteiger partial charge in [-0.3, -0.25) is 9.11 Å². The van der Waals surface area contributed by atoms with E-state index in [0.717, 1.165) is 5.56 Å². The number of carbonyl (C=O) groups is 1. The van der Waals surface area contributed by atoms with Crippen LogP contribution in [0.15, 0.2) is 58.8 Å². The van der Waals surface area contributed by atoms with Gasteiger partial charge in [-0.2, -0.15) is 0 Å². The molecule has 0 aromatic heterocycles. The van der Waals surface area contributed by atoms with Gasteiger partial charge in [0.2, 0.25) is 0 Å². The van der Waals surface area contributed by atoms with Crippen molar-refractivity contribution in [3.8, 4) is 0 Å². The van der Waals surface area contributed by atoms with Crippen LogP contribution in [0.5, 0.6) is 0 Å². The summed E-state index contributed by atoms with van der Waals surface area (Å²) >= 11 is 0. The molecule has 3 rings (SSSR count). The Morgan fingerprint density at radius 1 is 1.05 bits per heavy atom. The smallest absolute Gasteiger partial charge is 0.339 e. The lowest BCUT2D eigenvalue weighted by Gasteiger charge is -2.25. The Morgan fingerprint density at radius 3 is 2.57 bits per heavy atom. The van der Waals surface area contributed by atoms with E-state index in [4.69, 9.17) is 4.74 Å². The normalized spacial score (nSPS) is 16.3. The van der Waals surface area contributed by atoms with Crippen molar-refractivity contribution >= 4 is 22.6 Å². The number of carbonyl (C=O) groups excluding carboxylic acids is 1. The van der Waals surface area contributed by atoms with Gasteiger partial charge in [-0.1, -0.05) is 36.4 Å². The van der Waals surface area contributed by atoms with Gasteiger partial charge in [0.1, 0.15) is 6.61 Å². The number of benzene rings is 2. The Bertz CT molecular complexity index is 707. The molecule has 1 aliphatic heterocycles. The Morgan fingerprint density at radius 2 is 1.81 bits per heavy atom. The lowest BCUT2D eigenvalue weighted by atomic mass is 10.1. The van der Waals surface area contributed by atoms with E-state index in [1.54, 1.807) is 24.3 Å². The van der Waals surface area contributed by atoms with E-state index in [-0.39, 0.29) is 6.61 Å². The highest BCUT2D eigenvalue weighted by Crippen LogP contribution is 2.56. The van der Waals surface area contributed by atoms with Crippen LogP contribution < -0.4 is 0 Å².